The second kappa shape index (κ2) is 9.17. The number of nitrogens with one attached hydrogen (secondary N) is 1. The van der Waals surface area contributed by atoms with Crippen molar-refractivity contribution in [2.45, 2.75) is 25.3 Å². The summed E-state index contributed by atoms with van der Waals surface area (Å²) in [6.45, 7) is 2.41. The third kappa shape index (κ3) is 6.70. The first-order valence-electron chi connectivity index (χ1n) is 7.04. The van der Waals surface area contributed by atoms with E-state index in [1.165, 1.54) is 6.07 Å². The Morgan fingerprint density at radius 3 is 2.33 bits per heavy atom. The van der Waals surface area contributed by atoms with Crippen LogP contribution in [0.2, 0.25) is 0 Å². The maximum atomic E-state index is 12.9. The normalized spacial score (nSPS) is 17.5. The summed E-state index contributed by atoms with van der Waals surface area (Å²) in [6.07, 6.45) is -7.83. The largest absolute Gasteiger partial charge is 0.573 e. The van der Waals surface area contributed by atoms with Gasteiger partial charge in [0.2, 0.25) is 6.43 Å². The molecule has 1 atom stereocenters. The van der Waals surface area contributed by atoms with Crippen LogP contribution in [0.1, 0.15) is 18.0 Å². The lowest BCUT2D eigenvalue weighted by atomic mass is 10.0. The van der Waals surface area contributed by atoms with Crippen LogP contribution in [-0.4, -0.2) is 43.9 Å². The van der Waals surface area contributed by atoms with Gasteiger partial charge < -0.3 is 10.1 Å². The topological polar surface area (TPSA) is 24.5 Å². The summed E-state index contributed by atoms with van der Waals surface area (Å²) in [7, 11) is 0. The van der Waals surface area contributed by atoms with Crippen molar-refractivity contribution < 1.29 is 26.7 Å². The summed E-state index contributed by atoms with van der Waals surface area (Å²) in [5.41, 5.74) is 0.376. The molecule has 3 nitrogen and oxygen atoms in total. The van der Waals surface area contributed by atoms with E-state index in [-0.39, 0.29) is 12.4 Å². The van der Waals surface area contributed by atoms with Gasteiger partial charge in [-0.25, -0.2) is 8.78 Å². The maximum Gasteiger partial charge on any atom is 0.573 e. The number of rotatable bonds is 5. The van der Waals surface area contributed by atoms with E-state index in [0.717, 1.165) is 6.07 Å². The molecule has 0 amide bonds. The van der Waals surface area contributed by atoms with Crippen LogP contribution in [0.25, 0.3) is 0 Å². The van der Waals surface area contributed by atoms with Gasteiger partial charge in [0.15, 0.2) is 0 Å². The summed E-state index contributed by atoms with van der Waals surface area (Å²) < 4.78 is 67.3. The first-order valence-corrected chi connectivity index (χ1v) is 7.83. The molecule has 1 fully saturated rings. The van der Waals surface area contributed by atoms with Crippen molar-refractivity contribution in [2.75, 3.05) is 26.2 Å². The molecule has 1 aliphatic heterocycles. The van der Waals surface area contributed by atoms with Crippen molar-refractivity contribution in [1.29, 1.82) is 0 Å². The number of benzene rings is 1. The van der Waals surface area contributed by atoms with Gasteiger partial charge in [-0.05, 0) is 23.8 Å². The van der Waals surface area contributed by atoms with Crippen LogP contribution in [0.15, 0.2) is 22.7 Å². The minimum Gasteiger partial charge on any atom is -0.406 e. The maximum absolute atomic E-state index is 12.9. The van der Waals surface area contributed by atoms with Gasteiger partial charge >= 0.3 is 6.36 Å². The Hall–Kier alpha value is -0.640. The Labute approximate surface area is 151 Å². The number of alkyl halides is 5. The van der Waals surface area contributed by atoms with Crippen LogP contribution >= 0.6 is 28.3 Å². The highest BCUT2D eigenvalue weighted by Gasteiger charge is 2.32. The van der Waals surface area contributed by atoms with E-state index >= 15 is 0 Å². The molecule has 0 radical (unpaired) electrons. The van der Waals surface area contributed by atoms with Gasteiger partial charge in [-0.1, -0.05) is 15.9 Å². The van der Waals surface area contributed by atoms with Crippen LogP contribution in [0.4, 0.5) is 22.0 Å². The molecule has 1 saturated heterocycles. The van der Waals surface area contributed by atoms with Gasteiger partial charge in [-0.2, -0.15) is 0 Å². The van der Waals surface area contributed by atoms with Gasteiger partial charge in [0.25, 0.3) is 0 Å². The van der Waals surface area contributed by atoms with Crippen LogP contribution in [0.3, 0.4) is 0 Å². The molecular weight excluding hydrogens is 423 g/mol. The van der Waals surface area contributed by atoms with Gasteiger partial charge in [0.05, 0.1) is 0 Å². The molecule has 0 bridgehead atoms. The number of ether oxygens (including phenoxy) is 1. The van der Waals surface area contributed by atoms with E-state index in [1.54, 1.807) is 6.07 Å². The fraction of sp³-hybridized carbons (Fsp3) is 0.571. The first-order chi connectivity index (χ1) is 10.7. The quantitative estimate of drug-likeness (QED) is 0.690. The zero-order chi connectivity index (χ0) is 17.0. The highest BCUT2D eigenvalue weighted by atomic mass is 79.9. The van der Waals surface area contributed by atoms with E-state index in [0.29, 0.717) is 36.2 Å². The molecule has 0 unspecified atom stereocenters. The first kappa shape index (κ1) is 21.4. The Morgan fingerprint density at radius 1 is 1.17 bits per heavy atom. The minimum absolute atomic E-state index is 0. The summed E-state index contributed by atoms with van der Waals surface area (Å²) in [5, 5.41) is 3.12. The van der Waals surface area contributed by atoms with E-state index < -0.39 is 31.0 Å². The average Bonchev–Trinajstić information content (AvgIpc) is 2.43. The van der Waals surface area contributed by atoms with Crippen LogP contribution < -0.4 is 10.1 Å². The van der Waals surface area contributed by atoms with Crippen molar-refractivity contribution in [3.8, 4) is 5.75 Å². The predicted molar refractivity (Wildman–Crippen MR) is 85.9 cm³/mol. The molecule has 1 aliphatic rings. The fourth-order valence-corrected chi connectivity index (χ4v) is 3.12. The average molecular weight is 440 g/mol. The van der Waals surface area contributed by atoms with Crippen LogP contribution in [0.5, 0.6) is 5.75 Å². The molecule has 24 heavy (non-hydrogen) atoms. The third-order valence-electron chi connectivity index (χ3n) is 3.51. The van der Waals surface area contributed by atoms with Crippen molar-refractivity contribution in [3.05, 3.63) is 28.2 Å². The highest BCUT2D eigenvalue weighted by molar-refractivity contribution is 9.10. The van der Waals surface area contributed by atoms with Crippen LogP contribution in [0, 0.1) is 0 Å². The molecule has 0 aromatic heterocycles. The van der Waals surface area contributed by atoms with Gasteiger partial charge in [-0.3, -0.25) is 4.90 Å². The van der Waals surface area contributed by atoms with E-state index in [1.807, 2.05) is 4.90 Å². The Bertz CT molecular complexity index is 526. The molecule has 138 valence electrons. The molecule has 0 aliphatic carbocycles. The molecular formula is C14H17BrClF5N2O. The zero-order valence-electron chi connectivity index (χ0n) is 12.5. The monoisotopic (exact) mass is 438 g/mol. The van der Waals surface area contributed by atoms with Crippen molar-refractivity contribution in [1.82, 2.24) is 10.2 Å². The second-order valence-electron chi connectivity index (χ2n) is 5.20. The lowest BCUT2D eigenvalue weighted by Crippen LogP contribution is -2.45. The summed E-state index contributed by atoms with van der Waals surface area (Å²) in [4.78, 5) is 1.85. The number of piperazine rings is 1. The van der Waals surface area contributed by atoms with E-state index in [2.05, 4.69) is 26.0 Å². The van der Waals surface area contributed by atoms with E-state index in [4.69, 9.17) is 0 Å². The van der Waals surface area contributed by atoms with Crippen molar-refractivity contribution in [3.63, 3.8) is 0 Å². The lowest BCUT2D eigenvalue weighted by Gasteiger charge is -2.35. The third-order valence-corrected chi connectivity index (χ3v) is 3.96. The Morgan fingerprint density at radius 2 is 1.79 bits per heavy atom. The van der Waals surface area contributed by atoms with Gasteiger partial charge in [0, 0.05) is 43.1 Å². The SMILES string of the molecule is Cl.FC(F)C[C@@H](c1cc(Br)cc(OC(F)(F)F)c1)N1CCNCC1. The molecule has 10 heteroatoms. The van der Waals surface area contributed by atoms with Crippen molar-refractivity contribution >= 4 is 28.3 Å². The predicted octanol–water partition coefficient (Wildman–Crippen LogP) is 4.37. The molecule has 1 aromatic carbocycles. The van der Waals surface area contributed by atoms with E-state index in [9.17, 15) is 22.0 Å². The molecule has 0 spiro atoms. The Balaban J connectivity index is 0.00000288. The highest BCUT2D eigenvalue weighted by Crippen LogP contribution is 2.34. The molecule has 0 saturated carbocycles. The summed E-state index contributed by atoms with van der Waals surface area (Å²) in [6, 6.07) is 3.23. The zero-order valence-corrected chi connectivity index (χ0v) is 14.9. The van der Waals surface area contributed by atoms with Gasteiger partial charge in [0.1, 0.15) is 5.75 Å². The van der Waals surface area contributed by atoms with Gasteiger partial charge in [-0.15, -0.1) is 25.6 Å². The number of nitrogens with zero attached hydrogens (tertiary/aromatic N) is 1. The second-order valence-corrected chi connectivity index (χ2v) is 6.11. The smallest absolute Gasteiger partial charge is 0.406 e. The summed E-state index contributed by atoms with van der Waals surface area (Å²) in [5.74, 6) is -0.420. The Kier molecular flexibility index (Phi) is 8.17. The number of halogens is 7. The molecule has 2 rings (SSSR count). The van der Waals surface area contributed by atoms with Crippen LogP contribution in [-0.2, 0) is 0 Å². The molecule has 1 heterocycles. The molecule has 1 aromatic rings. The standard InChI is InChI=1S/C14H16BrF5N2O.ClH/c15-10-5-9(6-11(7-10)23-14(18,19)20)12(8-13(16)17)22-3-1-21-2-4-22;/h5-7,12-13,21H,1-4,8H2;1H/t12-;/m0./s1. The number of hydrogen-bond donors (Lipinski definition) is 1. The lowest BCUT2D eigenvalue weighted by molar-refractivity contribution is -0.274. The minimum atomic E-state index is -4.83. The van der Waals surface area contributed by atoms with Crippen molar-refractivity contribution in [2.24, 2.45) is 0 Å². The summed E-state index contributed by atoms with van der Waals surface area (Å²) >= 11 is 3.11. The molecule has 1 N–H and O–H groups in total. The number of hydrogen-bond acceptors (Lipinski definition) is 3. The fourth-order valence-electron chi connectivity index (χ4n) is 2.63.